The van der Waals surface area contributed by atoms with Crippen molar-refractivity contribution in [3.05, 3.63) is 34.9 Å². The second-order valence-corrected chi connectivity index (χ2v) is 4.08. The molecule has 0 spiro atoms. The Morgan fingerprint density at radius 1 is 1.31 bits per heavy atom. The molecule has 0 aliphatic carbocycles. The lowest BCUT2D eigenvalue weighted by atomic mass is 9.95. The van der Waals surface area contributed by atoms with Crippen molar-refractivity contribution < 1.29 is 10.0 Å². The highest BCUT2D eigenvalue weighted by molar-refractivity contribution is 6.30. The van der Waals surface area contributed by atoms with Crippen molar-refractivity contribution in [3.63, 3.8) is 0 Å². The van der Waals surface area contributed by atoms with Gasteiger partial charge in [0.1, 0.15) is 0 Å². The topological polar surface area (TPSA) is 61.7 Å². The molecule has 1 unspecified atom stereocenters. The number of nitrogens with zero attached hydrogens (tertiary/aromatic N) is 1. The lowest BCUT2D eigenvalue weighted by molar-refractivity contribution is -0.121. The highest BCUT2D eigenvalue weighted by Crippen LogP contribution is 2.22. The standard InChI is InChI=1S/C11H11ClN2O2/c12-8-3-1-7(2-4-8)11-9(14-16)5-6-10(15)13-11/h1-4,11,16H,5-6H2,(H,13,15). The smallest absolute Gasteiger partial charge is 0.221 e. The molecule has 1 atom stereocenters. The number of carbonyl (C=O) groups excluding carboxylic acids is 1. The van der Waals surface area contributed by atoms with E-state index in [1.54, 1.807) is 12.1 Å². The molecule has 1 aliphatic heterocycles. The van der Waals surface area contributed by atoms with Crippen LogP contribution in [0.3, 0.4) is 0 Å². The Morgan fingerprint density at radius 2 is 2.00 bits per heavy atom. The van der Waals surface area contributed by atoms with Crippen LogP contribution in [0.2, 0.25) is 5.02 Å². The summed E-state index contributed by atoms with van der Waals surface area (Å²) in [4.78, 5) is 11.3. The summed E-state index contributed by atoms with van der Waals surface area (Å²) in [6, 6.07) is 6.76. The third-order valence-corrected chi connectivity index (χ3v) is 2.83. The molecule has 16 heavy (non-hydrogen) atoms. The van der Waals surface area contributed by atoms with Gasteiger partial charge in [0, 0.05) is 17.9 Å². The minimum atomic E-state index is -0.344. The number of carbonyl (C=O) groups is 1. The highest BCUT2D eigenvalue weighted by atomic mass is 35.5. The summed E-state index contributed by atoms with van der Waals surface area (Å²) in [6.07, 6.45) is 0.846. The van der Waals surface area contributed by atoms with Crippen molar-refractivity contribution in [2.45, 2.75) is 18.9 Å². The van der Waals surface area contributed by atoms with E-state index in [0.29, 0.717) is 23.6 Å². The number of oxime groups is 1. The molecule has 1 aromatic rings. The zero-order chi connectivity index (χ0) is 11.5. The Hall–Kier alpha value is -1.55. The van der Waals surface area contributed by atoms with Gasteiger partial charge in [-0.2, -0.15) is 0 Å². The number of halogens is 1. The number of piperidine rings is 1. The van der Waals surface area contributed by atoms with Gasteiger partial charge in [-0.3, -0.25) is 4.79 Å². The van der Waals surface area contributed by atoms with Crippen LogP contribution < -0.4 is 5.32 Å². The van der Waals surface area contributed by atoms with Crippen molar-refractivity contribution in [2.24, 2.45) is 5.16 Å². The lowest BCUT2D eigenvalue weighted by Gasteiger charge is -2.24. The van der Waals surface area contributed by atoms with E-state index in [0.717, 1.165) is 5.56 Å². The van der Waals surface area contributed by atoms with Gasteiger partial charge in [0.25, 0.3) is 0 Å². The number of rotatable bonds is 1. The van der Waals surface area contributed by atoms with Crippen LogP contribution >= 0.6 is 11.6 Å². The molecule has 1 fully saturated rings. The summed E-state index contributed by atoms with van der Waals surface area (Å²) >= 11 is 5.78. The first-order chi connectivity index (χ1) is 7.70. The van der Waals surface area contributed by atoms with Crippen molar-refractivity contribution in [1.29, 1.82) is 0 Å². The van der Waals surface area contributed by atoms with Crippen LogP contribution in [0.4, 0.5) is 0 Å². The average Bonchev–Trinajstić information content (AvgIpc) is 2.30. The van der Waals surface area contributed by atoms with Crippen LogP contribution in [0.5, 0.6) is 0 Å². The molecule has 2 rings (SSSR count). The summed E-state index contributed by atoms with van der Waals surface area (Å²) in [5.41, 5.74) is 1.44. The van der Waals surface area contributed by atoms with Crippen molar-refractivity contribution in [1.82, 2.24) is 5.32 Å². The Morgan fingerprint density at radius 3 is 2.62 bits per heavy atom. The van der Waals surface area contributed by atoms with Gasteiger partial charge in [-0.05, 0) is 17.7 Å². The molecule has 0 bridgehead atoms. The van der Waals surface area contributed by atoms with Gasteiger partial charge >= 0.3 is 0 Å². The SMILES string of the molecule is O=C1CCC(=NO)C(c2ccc(Cl)cc2)N1. The largest absolute Gasteiger partial charge is 0.411 e. The average molecular weight is 239 g/mol. The molecule has 5 heteroatoms. The Kier molecular flexibility index (Phi) is 3.10. The van der Waals surface area contributed by atoms with Crippen LogP contribution in [0.1, 0.15) is 24.4 Å². The first kappa shape index (κ1) is 11.0. The summed E-state index contributed by atoms with van der Waals surface area (Å²) in [7, 11) is 0. The minimum Gasteiger partial charge on any atom is -0.411 e. The summed E-state index contributed by atoms with van der Waals surface area (Å²) < 4.78 is 0. The molecular formula is C11H11ClN2O2. The number of amides is 1. The molecule has 84 valence electrons. The quantitative estimate of drug-likeness (QED) is 0.582. The number of hydrogen-bond acceptors (Lipinski definition) is 3. The molecule has 1 amide bonds. The van der Waals surface area contributed by atoms with Crippen LogP contribution in [0.25, 0.3) is 0 Å². The molecule has 1 heterocycles. The van der Waals surface area contributed by atoms with Crippen LogP contribution in [0.15, 0.2) is 29.4 Å². The van der Waals surface area contributed by atoms with Gasteiger partial charge < -0.3 is 10.5 Å². The molecule has 0 saturated carbocycles. The second kappa shape index (κ2) is 4.53. The molecule has 0 aromatic heterocycles. The van der Waals surface area contributed by atoms with Crippen LogP contribution in [-0.2, 0) is 4.79 Å². The monoisotopic (exact) mass is 238 g/mol. The molecule has 0 radical (unpaired) electrons. The molecule has 2 N–H and O–H groups in total. The van der Waals surface area contributed by atoms with Crippen LogP contribution in [0, 0.1) is 0 Å². The highest BCUT2D eigenvalue weighted by Gasteiger charge is 2.26. The lowest BCUT2D eigenvalue weighted by Crippen LogP contribution is -2.38. The van der Waals surface area contributed by atoms with E-state index in [1.807, 2.05) is 12.1 Å². The number of benzene rings is 1. The first-order valence-corrected chi connectivity index (χ1v) is 5.34. The van der Waals surface area contributed by atoms with Gasteiger partial charge in [0.15, 0.2) is 0 Å². The van der Waals surface area contributed by atoms with E-state index < -0.39 is 0 Å². The predicted octanol–water partition coefficient (Wildman–Crippen LogP) is 2.12. The maximum Gasteiger partial charge on any atom is 0.221 e. The summed E-state index contributed by atoms with van der Waals surface area (Å²) in [5.74, 6) is -0.0349. The van der Waals surface area contributed by atoms with Gasteiger partial charge in [-0.15, -0.1) is 0 Å². The van der Waals surface area contributed by atoms with Gasteiger partial charge in [0.2, 0.25) is 5.91 Å². The maximum atomic E-state index is 11.3. The normalized spacial score (nSPS) is 23.2. The fourth-order valence-electron chi connectivity index (χ4n) is 1.74. The predicted molar refractivity (Wildman–Crippen MR) is 60.8 cm³/mol. The van der Waals surface area contributed by atoms with Crippen LogP contribution in [-0.4, -0.2) is 16.8 Å². The van der Waals surface area contributed by atoms with E-state index >= 15 is 0 Å². The molecule has 1 aliphatic rings. The van der Waals surface area contributed by atoms with E-state index in [1.165, 1.54) is 0 Å². The third-order valence-electron chi connectivity index (χ3n) is 2.58. The fourth-order valence-corrected chi connectivity index (χ4v) is 1.87. The summed E-state index contributed by atoms with van der Waals surface area (Å²) in [6.45, 7) is 0. The molecule has 4 nitrogen and oxygen atoms in total. The van der Waals surface area contributed by atoms with E-state index in [2.05, 4.69) is 10.5 Å². The molecular weight excluding hydrogens is 228 g/mol. The summed E-state index contributed by atoms with van der Waals surface area (Å²) in [5, 5.41) is 15.5. The van der Waals surface area contributed by atoms with E-state index in [4.69, 9.17) is 16.8 Å². The number of nitrogens with one attached hydrogen (secondary N) is 1. The maximum absolute atomic E-state index is 11.3. The van der Waals surface area contributed by atoms with Crippen molar-refractivity contribution in [3.8, 4) is 0 Å². The van der Waals surface area contributed by atoms with Gasteiger partial charge in [0.05, 0.1) is 11.8 Å². The Bertz CT molecular complexity index is 428. The minimum absolute atomic E-state index is 0.0349. The van der Waals surface area contributed by atoms with Gasteiger partial charge in [-0.1, -0.05) is 28.9 Å². The Balaban J connectivity index is 2.29. The van der Waals surface area contributed by atoms with E-state index in [-0.39, 0.29) is 11.9 Å². The number of hydrogen-bond donors (Lipinski definition) is 2. The fraction of sp³-hybridized carbons (Fsp3) is 0.273. The first-order valence-electron chi connectivity index (χ1n) is 4.96. The van der Waals surface area contributed by atoms with Crippen molar-refractivity contribution >= 4 is 23.2 Å². The molecule has 1 aromatic carbocycles. The third kappa shape index (κ3) is 2.17. The van der Waals surface area contributed by atoms with Gasteiger partial charge in [-0.25, -0.2) is 0 Å². The zero-order valence-electron chi connectivity index (χ0n) is 8.48. The van der Waals surface area contributed by atoms with E-state index in [9.17, 15) is 4.79 Å². The second-order valence-electron chi connectivity index (χ2n) is 3.64. The zero-order valence-corrected chi connectivity index (χ0v) is 9.24. The Labute approximate surface area is 97.9 Å². The van der Waals surface area contributed by atoms with Crippen molar-refractivity contribution in [2.75, 3.05) is 0 Å². The molecule has 1 saturated heterocycles.